The van der Waals surface area contributed by atoms with E-state index >= 15 is 0 Å². The Morgan fingerprint density at radius 2 is 1.44 bits per heavy atom. The van der Waals surface area contributed by atoms with Crippen molar-refractivity contribution in [3.63, 3.8) is 0 Å². The first kappa shape index (κ1) is 21.0. The second kappa shape index (κ2) is 7.60. The van der Waals surface area contributed by atoms with E-state index in [1.165, 1.54) is 5.19 Å². The quantitative estimate of drug-likeness (QED) is 0.251. The van der Waals surface area contributed by atoms with E-state index in [1.54, 1.807) is 0 Å². The molecular weight excluding hydrogens is 460 g/mol. The van der Waals surface area contributed by atoms with E-state index in [-0.39, 0.29) is 0 Å². The lowest BCUT2D eigenvalue weighted by atomic mass is 10.1. The van der Waals surface area contributed by atoms with Crippen LogP contribution in [0, 0.1) is 0 Å². The van der Waals surface area contributed by atoms with Crippen LogP contribution in [-0.4, -0.2) is 27.6 Å². The summed E-state index contributed by atoms with van der Waals surface area (Å²) in [5.74, 6) is 0.765. The molecule has 0 saturated heterocycles. The molecule has 0 atom stereocenters. The van der Waals surface area contributed by atoms with Gasteiger partial charge in [0.2, 0.25) is 0 Å². The third-order valence-corrected chi connectivity index (χ3v) is 8.83. The van der Waals surface area contributed by atoms with Crippen molar-refractivity contribution in [2.24, 2.45) is 0 Å². The van der Waals surface area contributed by atoms with Gasteiger partial charge in [-0.3, -0.25) is 4.57 Å². The predicted molar refractivity (Wildman–Crippen MR) is 150 cm³/mol. The predicted octanol–water partition coefficient (Wildman–Crippen LogP) is 7.08. The third kappa shape index (κ3) is 3.18. The molecule has 0 spiro atoms. The van der Waals surface area contributed by atoms with Gasteiger partial charge in [0.1, 0.15) is 11.2 Å². The molecule has 0 aliphatic carbocycles. The molecule has 0 aliphatic rings. The fourth-order valence-corrected chi connectivity index (χ4v) is 6.05. The number of furan rings is 1. The van der Waals surface area contributed by atoms with Crippen molar-refractivity contribution in [2.75, 3.05) is 0 Å². The van der Waals surface area contributed by atoms with Crippen LogP contribution >= 0.6 is 0 Å². The maximum atomic E-state index is 6.57. The van der Waals surface area contributed by atoms with Gasteiger partial charge in [-0.1, -0.05) is 79.4 Å². The van der Waals surface area contributed by atoms with Gasteiger partial charge in [-0.05, 0) is 36.4 Å². The summed E-state index contributed by atoms with van der Waals surface area (Å²) in [7, 11) is -1.47. The Bertz CT molecular complexity index is 1930. The van der Waals surface area contributed by atoms with Gasteiger partial charge in [0.25, 0.3) is 0 Å². The van der Waals surface area contributed by atoms with Gasteiger partial charge in [-0.15, -0.1) is 0 Å². The Kier molecular flexibility index (Phi) is 4.44. The number of rotatable bonds is 3. The largest absolute Gasteiger partial charge is 0.455 e. The average Bonchev–Trinajstić information content (AvgIpc) is 3.45. The molecule has 0 fully saturated rings. The first-order valence-electron chi connectivity index (χ1n) is 12.1. The van der Waals surface area contributed by atoms with E-state index in [0.717, 1.165) is 55.7 Å². The minimum atomic E-state index is -1.47. The van der Waals surface area contributed by atoms with Gasteiger partial charge in [-0.25, -0.2) is 15.0 Å². The number of imidazole rings is 1. The second-order valence-corrected chi connectivity index (χ2v) is 15.3. The Hall–Kier alpha value is -4.29. The van der Waals surface area contributed by atoms with Gasteiger partial charge in [0.15, 0.2) is 17.1 Å². The van der Waals surface area contributed by atoms with Crippen molar-refractivity contribution < 1.29 is 4.42 Å². The molecule has 36 heavy (non-hydrogen) atoms. The normalized spacial score (nSPS) is 12.3. The molecular formula is C30H24N4OSi. The molecule has 3 heterocycles. The Morgan fingerprint density at radius 1 is 0.694 bits per heavy atom. The van der Waals surface area contributed by atoms with Crippen LogP contribution in [0.4, 0.5) is 0 Å². The number of nitrogens with zero attached hydrogens (tertiary/aromatic N) is 4. The first-order chi connectivity index (χ1) is 17.5. The number of aromatic nitrogens is 4. The number of hydrogen-bond donors (Lipinski definition) is 0. The van der Waals surface area contributed by atoms with E-state index in [2.05, 4.69) is 72.7 Å². The third-order valence-electron chi connectivity index (χ3n) is 6.79. The van der Waals surface area contributed by atoms with Crippen LogP contribution in [0.3, 0.4) is 0 Å². The summed E-state index contributed by atoms with van der Waals surface area (Å²) in [5.41, 5.74) is 6.66. The van der Waals surface area contributed by atoms with Gasteiger partial charge in [0.05, 0.1) is 24.7 Å². The van der Waals surface area contributed by atoms with Crippen LogP contribution in [-0.2, 0) is 0 Å². The lowest BCUT2D eigenvalue weighted by molar-refractivity contribution is 0.669. The zero-order valence-electron chi connectivity index (χ0n) is 20.4. The number of benzene rings is 4. The van der Waals surface area contributed by atoms with Gasteiger partial charge < -0.3 is 4.42 Å². The molecule has 6 heteroatoms. The molecule has 0 saturated carbocycles. The van der Waals surface area contributed by atoms with Crippen molar-refractivity contribution in [1.82, 2.24) is 19.5 Å². The molecule has 4 aromatic carbocycles. The van der Waals surface area contributed by atoms with Crippen LogP contribution in [0.15, 0.2) is 95.4 Å². The zero-order valence-corrected chi connectivity index (χ0v) is 21.4. The second-order valence-electron chi connectivity index (χ2n) is 10.2. The number of para-hydroxylation sites is 4. The highest BCUT2D eigenvalue weighted by Gasteiger charge is 2.23. The molecule has 174 valence electrons. The maximum absolute atomic E-state index is 6.57. The molecule has 0 bridgehead atoms. The maximum Gasteiger partial charge on any atom is 0.199 e. The fraction of sp³-hybridized carbons (Fsp3) is 0.100. The fourth-order valence-electron chi connectivity index (χ4n) is 4.90. The van der Waals surface area contributed by atoms with Gasteiger partial charge in [0, 0.05) is 16.5 Å². The molecule has 5 nitrogen and oxygen atoms in total. The van der Waals surface area contributed by atoms with E-state index in [1.807, 2.05) is 42.5 Å². The minimum absolute atomic E-state index is 0.613. The topological polar surface area (TPSA) is 56.7 Å². The van der Waals surface area contributed by atoms with Gasteiger partial charge in [-0.2, -0.15) is 0 Å². The van der Waals surface area contributed by atoms with Crippen molar-refractivity contribution in [2.45, 2.75) is 19.6 Å². The van der Waals surface area contributed by atoms with Crippen molar-refractivity contribution in [1.29, 1.82) is 0 Å². The molecule has 7 rings (SSSR count). The van der Waals surface area contributed by atoms with Crippen LogP contribution in [0.2, 0.25) is 19.6 Å². The van der Waals surface area contributed by atoms with E-state index in [9.17, 15) is 0 Å². The highest BCUT2D eigenvalue weighted by atomic mass is 28.3. The van der Waals surface area contributed by atoms with E-state index in [4.69, 9.17) is 19.4 Å². The standard InChI is InChI=1S/C30H24N4OSi/c1-36(2,3)20-16-17-21-22-12-9-13-23(27(22)35-26(21)18-20)29-33-28-30(34(29)19-10-5-4-6-11-19)32-25-15-8-7-14-24(25)31-28/h4-18H,1-3H3. The SMILES string of the molecule is C[Si](C)(C)c1ccc2c(c1)oc1c(-c3nc4nc5ccccc5nc4n3-c3ccccc3)cccc12. The van der Waals surface area contributed by atoms with Crippen molar-refractivity contribution in [3.05, 3.63) is 91.0 Å². The van der Waals surface area contributed by atoms with Gasteiger partial charge >= 0.3 is 0 Å². The lowest BCUT2D eigenvalue weighted by Crippen LogP contribution is -2.37. The van der Waals surface area contributed by atoms with Crippen LogP contribution < -0.4 is 5.19 Å². The molecule has 0 amide bonds. The highest BCUT2D eigenvalue weighted by molar-refractivity contribution is 6.88. The van der Waals surface area contributed by atoms with Crippen LogP contribution in [0.25, 0.3) is 61.3 Å². The lowest BCUT2D eigenvalue weighted by Gasteiger charge is -2.15. The molecule has 7 aromatic rings. The smallest absolute Gasteiger partial charge is 0.199 e. The van der Waals surface area contributed by atoms with E-state index in [0.29, 0.717) is 5.65 Å². The van der Waals surface area contributed by atoms with Crippen molar-refractivity contribution in [3.8, 4) is 17.1 Å². The molecule has 0 N–H and O–H groups in total. The minimum Gasteiger partial charge on any atom is -0.455 e. The highest BCUT2D eigenvalue weighted by Crippen LogP contribution is 2.37. The molecule has 0 aliphatic heterocycles. The summed E-state index contributed by atoms with van der Waals surface area (Å²) in [6.07, 6.45) is 0. The number of fused-ring (bicyclic) bond motifs is 5. The number of hydrogen-bond acceptors (Lipinski definition) is 4. The molecule has 3 aromatic heterocycles. The summed E-state index contributed by atoms with van der Waals surface area (Å²) in [6, 6.07) is 31.1. The summed E-state index contributed by atoms with van der Waals surface area (Å²) < 4.78 is 8.65. The summed E-state index contributed by atoms with van der Waals surface area (Å²) >= 11 is 0. The summed E-state index contributed by atoms with van der Waals surface area (Å²) in [4.78, 5) is 14.8. The molecule has 0 unspecified atom stereocenters. The van der Waals surface area contributed by atoms with Crippen LogP contribution in [0.5, 0.6) is 0 Å². The van der Waals surface area contributed by atoms with Crippen molar-refractivity contribution >= 4 is 57.5 Å². The summed E-state index contributed by atoms with van der Waals surface area (Å²) in [6.45, 7) is 7.07. The average molecular weight is 485 g/mol. The van der Waals surface area contributed by atoms with Crippen LogP contribution in [0.1, 0.15) is 0 Å². The zero-order chi connectivity index (χ0) is 24.4. The Balaban J connectivity index is 1.56. The summed E-state index contributed by atoms with van der Waals surface area (Å²) in [5, 5.41) is 3.59. The first-order valence-corrected chi connectivity index (χ1v) is 15.6. The molecule has 0 radical (unpaired) electrons. The Labute approximate surface area is 209 Å². The monoisotopic (exact) mass is 484 g/mol. The van der Waals surface area contributed by atoms with E-state index < -0.39 is 8.07 Å². The Morgan fingerprint density at radius 3 is 2.22 bits per heavy atom.